The molecule has 1 N–H and O–H groups in total. The predicted molar refractivity (Wildman–Crippen MR) is 128 cm³/mol. The second kappa shape index (κ2) is 11.2. The Balaban J connectivity index is 1.68. The first-order chi connectivity index (χ1) is 18.0. The molecule has 1 fully saturated rings. The van der Waals surface area contributed by atoms with E-state index >= 15 is 0 Å². The summed E-state index contributed by atoms with van der Waals surface area (Å²) >= 11 is 12.1. The zero-order valence-corrected chi connectivity index (χ0v) is 21.1. The van der Waals surface area contributed by atoms with Crippen molar-refractivity contribution in [3.63, 3.8) is 0 Å². The highest BCUT2D eigenvalue weighted by atomic mass is 35.5. The fourth-order valence-electron chi connectivity index (χ4n) is 4.54. The molecule has 0 atom stereocenters. The average Bonchev–Trinajstić information content (AvgIpc) is 3.53. The molecule has 3 aromatic rings. The zero-order valence-electron chi connectivity index (χ0n) is 19.6. The van der Waals surface area contributed by atoms with Gasteiger partial charge in [-0.25, -0.2) is 0 Å². The number of aromatic nitrogens is 3. The molecule has 1 saturated carbocycles. The van der Waals surface area contributed by atoms with Crippen molar-refractivity contribution >= 4 is 40.9 Å². The fraction of sp³-hybridized carbons (Fsp3) is 0.375. The number of ketones is 1. The van der Waals surface area contributed by atoms with E-state index in [1.165, 1.54) is 30.8 Å². The van der Waals surface area contributed by atoms with Crippen LogP contribution >= 0.6 is 23.2 Å². The van der Waals surface area contributed by atoms with Crippen molar-refractivity contribution in [3.05, 3.63) is 69.6 Å². The molecular formula is C24H21Cl2F3N4O5. The number of pyridine rings is 1. The van der Waals surface area contributed by atoms with Gasteiger partial charge in [-0.3, -0.25) is 24.0 Å². The average molecular weight is 573 g/mol. The number of carboxylic acids is 1. The molecule has 1 aliphatic carbocycles. The normalized spacial score (nSPS) is 17.8. The van der Waals surface area contributed by atoms with Crippen molar-refractivity contribution in [3.8, 4) is 0 Å². The number of carbonyl (C=O) groups excluding carboxylic acids is 2. The monoisotopic (exact) mass is 572 g/mol. The zero-order chi connectivity index (χ0) is 27.6. The standard InChI is InChI=1S/C24H21Cl2F3N4O5/c25-17-9-30-10-18(26)20(17)19(34)12-32(11-15-2-1-7-38-15)22(35)16-8-31-33(21(16)24(27,28)29)14-5-3-13(4-6-14)23(36)37/h1-2,7-10,13-14H,3-6,11-12H2,(H,36,37). The smallest absolute Gasteiger partial charge is 0.433 e. The molecule has 38 heavy (non-hydrogen) atoms. The van der Waals surface area contributed by atoms with Gasteiger partial charge in [0.15, 0.2) is 11.5 Å². The predicted octanol–water partition coefficient (Wildman–Crippen LogP) is 5.54. The number of hydrogen-bond acceptors (Lipinski definition) is 6. The maximum absolute atomic E-state index is 14.3. The number of furan rings is 1. The van der Waals surface area contributed by atoms with Gasteiger partial charge in [0.25, 0.3) is 5.91 Å². The van der Waals surface area contributed by atoms with Crippen LogP contribution in [0.4, 0.5) is 13.2 Å². The van der Waals surface area contributed by atoms with Crippen molar-refractivity contribution in [1.82, 2.24) is 19.7 Å². The maximum Gasteiger partial charge on any atom is 0.433 e. The van der Waals surface area contributed by atoms with E-state index in [0.717, 1.165) is 15.8 Å². The quantitative estimate of drug-likeness (QED) is 0.352. The number of aliphatic carboxylic acids is 1. The van der Waals surface area contributed by atoms with E-state index in [-0.39, 0.29) is 53.6 Å². The van der Waals surface area contributed by atoms with Gasteiger partial charge in [0.05, 0.1) is 58.7 Å². The van der Waals surface area contributed by atoms with Gasteiger partial charge in [0.1, 0.15) is 5.76 Å². The van der Waals surface area contributed by atoms with Gasteiger partial charge in [-0.05, 0) is 37.8 Å². The molecular weight excluding hydrogens is 552 g/mol. The number of rotatable bonds is 8. The molecule has 14 heteroatoms. The van der Waals surface area contributed by atoms with E-state index in [4.69, 9.17) is 27.6 Å². The Morgan fingerprint density at radius 1 is 1.11 bits per heavy atom. The molecule has 0 spiro atoms. The molecule has 202 valence electrons. The third-order valence-electron chi connectivity index (χ3n) is 6.37. The molecule has 0 aromatic carbocycles. The van der Waals surface area contributed by atoms with Crippen LogP contribution in [0.1, 0.15) is 63.9 Å². The number of alkyl halides is 3. The van der Waals surface area contributed by atoms with Crippen molar-refractivity contribution in [2.75, 3.05) is 6.54 Å². The summed E-state index contributed by atoms with van der Waals surface area (Å²) in [5.41, 5.74) is -2.13. The van der Waals surface area contributed by atoms with Crippen molar-refractivity contribution in [2.24, 2.45) is 5.92 Å². The molecule has 3 aromatic heterocycles. The molecule has 0 bridgehead atoms. The Labute approximate surface area is 224 Å². The van der Waals surface area contributed by atoms with Crippen LogP contribution < -0.4 is 0 Å². The lowest BCUT2D eigenvalue weighted by Gasteiger charge is -2.28. The van der Waals surface area contributed by atoms with Gasteiger partial charge in [0, 0.05) is 12.4 Å². The first-order valence-corrected chi connectivity index (χ1v) is 12.2. The topological polar surface area (TPSA) is 119 Å². The third-order valence-corrected chi connectivity index (χ3v) is 6.94. The van der Waals surface area contributed by atoms with Crippen LogP contribution in [-0.4, -0.2) is 49.0 Å². The maximum atomic E-state index is 14.3. The minimum atomic E-state index is -4.96. The van der Waals surface area contributed by atoms with Crippen LogP contribution in [0.15, 0.2) is 41.4 Å². The molecule has 1 aliphatic rings. The van der Waals surface area contributed by atoms with Gasteiger partial charge < -0.3 is 14.4 Å². The van der Waals surface area contributed by atoms with E-state index in [1.807, 2.05) is 0 Å². The third kappa shape index (κ3) is 5.86. The molecule has 1 amide bonds. The highest BCUT2D eigenvalue weighted by Gasteiger charge is 2.43. The van der Waals surface area contributed by atoms with Crippen LogP contribution in [0.5, 0.6) is 0 Å². The number of amides is 1. The minimum Gasteiger partial charge on any atom is -0.481 e. The second-order valence-electron chi connectivity index (χ2n) is 8.83. The summed E-state index contributed by atoms with van der Waals surface area (Å²) in [4.78, 5) is 42.5. The SMILES string of the molecule is O=C(CN(Cc1ccco1)C(=O)c1cnn(C2CCC(C(=O)O)CC2)c1C(F)(F)F)c1c(Cl)cncc1Cl. The number of halogens is 5. The molecule has 0 unspecified atom stereocenters. The number of nitrogens with zero attached hydrogens (tertiary/aromatic N) is 4. The lowest BCUT2D eigenvalue weighted by molar-refractivity contribution is -0.147. The van der Waals surface area contributed by atoms with Crippen LogP contribution in [0.2, 0.25) is 10.0 Å². The summed E-state index contributed by atoms with van der Waals surface area (Å²) in [7, 11) is 0. The van der Waals surface area contributed by atoms with Gasteiger partial charge in [-0.1, -0.05) is 23.2 Å². The van der Waals surface area contributed by atoms with E-state index < -0.39 is 53.6 Å². The number of carbonyl (C=O) groups is 3. The lowest BCUT2D eigenvalue weighted by Crippen LogP contribution is -2.36. The lowest BCUT2D eigenvalue weighted by atomic mass is 9.86. The van der Waals surface area contributed by atoms with Gasteiger partial charge >= 0.3 is 12.1 Å². The summed E-state index contributed by atoms with van der Waals surface area (Å²) in [6.45, 7) is -0.973. The Kier molecular flexibility index (Phi) is 8.12. The molecule has 0 radical (unpaired) electrons. The summed E-state index contributed by atoms with van der Waals surface area (Å²) in [5, 5.41) is 12.9. The summed E-state index contributed by atoms with van der Waals surface area (Å²) in [5.74, 6) is -3.22. The second-order valence-corrected chi connectivity index (χ2v) is 9.65. The van der Waals surface area contributed by atoms with Crippen LogP contribution in [0.3, 0.4) is 0 Å². The molecule has 9 nitrogen and oxygen atoms in total. The van der Waals surface area contributed by atoms with Gasteiger partial charge in [-0.15, -0.1) is 0 Å². The summed E-state index contributed by atoms with van der Waals surface area (Å²) in [6, 6.07) is 2.30. The van der Waals surface area contributed by atoms with E-state index in [2.05, 4.69) is 10.1 Å². The van der Waals surface area contributed by atoms with Crippen LogP contribution in [0, 0.1) is 5.92 Å². The summed E-state index contributed by atoms with van der Waals surface area (Å²) < 4.78 is 48.8. The highest BCUT2D eigenvalue weighted by Crippen LogP contribution is 2.39. The number of hydrogen-bond donors (Lipinski definition) is 1. The van der Waals surface area contributed by atoms with E-state index in [0.29, 0.717) is 0 Å². The van der Waals surface area contributed by atoms with Gasteiger partial charge in [-0.2, -0.15) is 18.3 Å². The first-order valence-electron chi connectivity index (χ1n) is 11.5. The largest absolute Gasteiger partial charge is 0.481 e. The fourth-order valence-corrected chi connectivity index (χ4v) is 5.11. The van der Waals surface area contributed by atoms with Crippen molar-refractivity contribution in [1.29, 1.82) is 0 Å². The minimum absolute atomic E-state index is 0.0753. The van der Waals surface area contributed by atoms with Crippen molar-refractivity contribution in [2.45, 2.75) is 44.4 Å². The molecule has 0 aliphatic heterocycles. The van der Waals surface area contributed by atoms with E-state index in [9.17, 15) is 32.7 Å². The molecule has 0 saturated heterocycles. The Hall–Kier alpha value is -3.38. The first kappa shape index (κ1) is 27.6. The Morgan fingerprint density at radius 3 is 2.32 bits per heavy atom. The van der Waals surface area contributed by atoms with Crippen LogP contribution in [-0.2, 0) is 17.5 Å². The van der Waals surface area contributed by atoms with Crippen LogP contribution in [0.25, 0.3) is 0 Å². The Bertz CT molecular complexity index is 1320. The summed E-state index contributed by atoms with van der Waals surface area (Å²) in [6.07, 6.45) is 0.243. The van der Waals surface area contributed by atoms with Crippen molar-refractivity contribution < 1.29 is 37.1 Å². The van der Waals surface area contributed by atoms with E-state index in [1.54, 1.807) is 0 Å². The van der Waals surface area contributed by atoms with Gasteiger partial charge in [0.2, 0.25) is 0 Å². The molecule has 4 rings (SSSR count). The highest BCUT2D eigenvalue weighted by molar-refractivity contribution is 6.39. The number of Topliss-reactive ketones (excluding diaryl/α,β-unsaturated/α-hetero) is 1. The molecule has 3 heterocycles. The number of carboxylic acid groups (broad SMARTS) is 1. The Morgan fingerprint density at radius 2 is 1.76 bits per heavy atom.